The van der Waals surface area contributed by atoms with Crippen molar-refractivity contribution in [3.05, 3.63) is 83.3 Å². The molecule has 3 aromatic heterocycles. The molecule has 1 aromatic carbocycles. The maximum absolute atomic E-state index is 13.2. The Bertz CT molecular complexity index is 1480. The highest BCUT2D eigenvalue weighted by molar-refractivity contribution is 6.03. The topological polar surface area (TPSA) is 100 Å². The molecule has 0 saturated carbocycles. The number of ether oxygens (including phenoxy) is 1. The van der Waals surface area contributed by atoms with Crippen LogP contribution in [0.5, 0.6) is 5.88 Å². The first-order valence-corrected chi connectivity index (χ1v) is 12.0. The summed E-state index contributed by atoms with van der Waals surface area (Å²) >= 11 is 0. The second-order valence-corrected chi connectivity index (χ2v) is 9.03. The largest absolute Gasteiger partial charge is 0.481 e. The lowest BCUT2D eigenvalue weighted by Gasteiger charge is -2.32. The van der Waals surface area contributed by atoms with Crippen LogP contribution >= 0.6 is 0 Å². The number of anilines is 1. The molecule has 2 amide bonds. The summed E-state index contributed by atoms with van der Waals surface area (Å²) in [5.41, 5.74) is 2.30. The number of methoxy groups -OCH3 is 1. The summed E-state index contributed by atoms with van der Waals surface area (Å²) in [6, 6.07) is 14.8. The molecule has 11 heteroatoms. The van der Waals surface area contributed by atoms with Crippen LogP contribution in [0.25, 0.3) is 11.0 Å². The third kappa shape index (κ3) is 5.31. The van der Waals surface area contributed by atoms with E-state index in [-0.39, 0.29) is 23.3 Å². The first kappa shape index (κ1) is 25.2. The summed E-state index contributed by atoms with van der Waals surface area (Å²) in [5, 5.41) is 2.85. The Morgan fingerprint density at radius 2 is 1.76 bits per heavy atom. The van der Waals surface area contributed by atoms with Gasteiger partial charge in [-0.2, -0.15) is 13.2 Å². The number of hydrogen-bond donors (Lipinski definition) is 2. The highest BCUT2D eigenvalue weighted by Crippen LogP contribution is 2.32. The highest BCUT2D eigenvalue weighted by atomic mass is 19.4. The second kappa shape index (κ2) is 10.2. The predicted octanol–water partition coefficient (Wildman–Crippen LogP) is 5.26. The summed E-state index contributed by atoms with van der Waals surface area (Å²) < 4.78 is 44.4. The van der Waals surface area contributed by atoms with Crippen molar-refractivity contribution < 1.29 is 27.5 Å². The number of aromatic amines is 1. The number of fused-ring (bicyclic) bond motifs is 1. The number of halogens is 3. The van der Waals surface area contributed by atoms with Crippen LogP contribution in [0.2, 0.25) is 0 Å². The number of benzene rings is 1. The molecule has 0 unspecified atom stereocenters. The van der Waals surface area contributed by atoms with E-state index in [1.165, 1.54) is 13.2 Å². The Balaban J connectivity index is 1.20. The van der Waals surface area contributed by atoms with E-state index in [2.05, 4.69) is 20.3 Å². The van der Waals surface area contributed by atoms with E-state index in [0.29, 0.717) is 42.8 Å². The second-order valence-electron chi connectivity index (χ2n) is 9.03. The minimum atomic E-state index is -4.69. The lowest BCUT2D eigenvalue weighted by molar-refractivity contribution is -0.141. The first-order valence-electron chi connectivity index (χ1n) is 12.0. The molecule has 1 aliphatic heterocycles. The molecule has 4 aromatic rings. The van der Waals surface area contributed by atoms with Gasteiger partial charge in [0.1, 0.15) is 11.4 Å². The van der Waals surface area contributed by atoms with Crippen molar-refractivity contribution in [2.75, 3.05) is 25.5 Å². The van der Waals surface area contributed by atoms with Gasteiger partial charge in [-0.1, -0.05) is 12.1 Å². The number of carbonyl (C=O) groups is 2. The van der Waals surface area contributed by atoms with Crippen LogP contribution in [-0.2, 0) is 6.18 Å². The van der Waals surface area contributed by atoms with E-state index < -0.39 is 17.8 Å². The van der Waals surface area contributed by atoms with Crippen molar-refractivity contribution in [3.63, 3.8) is 0 Å². The summed E-state index contributed by atoms with van der Waals surface area (Å²) in [5.74, 6) is -0.876. The van der Waals surface area contributed by atoms with E-state index in [9.17, 15) is 22.8 Å². The van der Waals surface area contributed by atoms with Crippen LogP contribution < -0.4 is 10.1 Å². The Morgan fingerprint density at radius 1 is 1.03 bits per heavy atom. The Hall–Kier alpha value is -4.41. The van der Waals surface area contributed by atoms with Gasteiger partial charge in [-0.3, -0.25) is 9.59 Å². The zero-order valence-corrected chi connectivity index (χ0v) is 20.4. The molecule has 8 nitrogen and oxygen atoms in total. The van der Waals surface area contributed by atoms with Crippen LogP contribution in [0.15, 0.2) is 60.8 Å². The lowest BCUT2D eigenvalue weighted by Crippen LogP contribution is -2.38. The quantitative estimate of drug-likeness (QED) is 0.372. The molecule has 0 bridgehead atoms. The van der Waals surface area contributed by atoms with Crippen LogP contribution in [0.4, 0.5) is 18.9 Å². The van der Waals surface area contributed by atoms with Gasteiger partial charge < -0.3 is 19.9 Å². The Labute approximate surface area is 215 Å². The number of hydrogen-bond acceptors (Lipinski definition) is 5. The van der Waals surface area contributed by atoms with E-state index in [1.807, 2.05) is 24.3 Å². The van der Waals surface area contributed by atoms with Crippen LogP contribution in [-0.4, -0.2) is 51.9 Å². The molecule has 0 radical (unpaired) electrons. The number of alkyl halides is 3. The number of carbonyl (C=O) groups excluding carboxylic acids is 2. The maximum atomic E-state index is 13.2. The van der Waals surface area contributed by atoms with Crippen molar-refractivity contribution in [3.8, 4) is 5.88 Å². The SMILES string of the molecule is COc1cc(C(=O)N2CCC(c3ccc(NC(=O)c4ccc5[nH]ccc5n4)cc3)CC2)cc(C(F)(F)F)n1. The van der Waals surface area contributed by atoms with E-state index >= 15 is 0 Å². The number of amides is 2. The molecular weight excluding hydrogens is 499 g/mol. The normalized spacial score (nSPS) is 14.5. The predicted molar refractivity (Wildman–Crippen MR) is 134 cm³/mol. The van der Waals surface area contributed by atoms with Crippen molar-refractivity contribution in [1.29, 1.82) is 0 Å². The zero-order chi connectivity index (χ0) is 26.9. The van der Waals surface area contributed by atoms with Gasteiger partial charge in [0.25, 0.3) is 11.8 Å². The summed E-state index contributed by atoms with van der Waals surface area (Å²) in [7, 11) is 1.21. The molecular formula is C27H24F3N5O3. The zero-order valence-electron chi connectivity index (χ0n) is 20.4. The number of nitrogens with one attached hydrogen (secondary N) is 2. The average Bonchev–Trinajstić information content (AvgIpc) is 3.40. The van der Waals surface area contributed by atoms with Crippen molar-refractivity contribution in [2.24, 2.45) is 0 Å². The van der Waals surface area contributed by atoms with Crippen molar-refractivity contribution in [2.45, 2.75) is 24.9 Å². The van der Waals surface area contributed by atoms with Crippen molar-refractivity contribution in [1.82, 2.24) is 19.9 Å². The molecule has 2 N–H and O–H groups in total. The highest BCUT2D eigenvalue weighted by Gasteiger charge is 2.35. The number of H-pyrrole nitrogens is 1. The molecule has 0 spiro atoms. The molecule has 0 aliphatic carbocycles. The summed E-state index contributed by atoms with van der Waals surface area (Å²) in [6.07, 6.45) is -1.61. The smallest absolute Gasteiger partial charge is 0.433 e. The Morgan fingerprint density at radius 3 is 2.45 bits per heavy atom. The fraction of sp³-hybridized carbons (Fsp3) is 0.259. The minimum absolute atomic E-state index is 0.104. The third-order valence-corrected chi connectivity index (χ3v) is 6.61. The number of aromatic nitrogens is 3. The van der Waals surface area contributed by atoms with E-state index in [1.54, 1.807) is 29.3 Å². The van der Waals surface area contributed by atoms with Gasteiger partial charge in [-0.15, -0.1) is 0 Å². The number of likely N-dealkylation sites (tertiary alicyclic amines) is 1. The van der Waals surface area contributed by atoms with Crippen LogP contribution in [0.3, 0.4) is 0 Å². The molecule has 4 heterocycles. The van der Waals surface area contributed by atoms with Gasteiger partial charge in [0.05, 0.1) is 18.1 Å². The molecule has 1 saturated heterocycles. The molecule has 1 aliphatic rings. The lowest BCUT2D eigenvalue weighted by atomic mass is 9.89. The molecule has 38 heavy (non-hydrogen) atoms. The first-order chi connectivity index (χ1) is 18.2. The standard InChI is InChI=1S/C27H24F3N5O3/c1-38-24-15-18(14-23(34-24)27(28,29)30)26(37)35-12-9-17(10-13-35)16-2-4-19(5-3-16)32-25(36)22-7-6-20-21(33-22)8-11-31-20/h2-8,11,14-15,17,31H,9-10,12-13H2,1H3,(H,32,36). The average molecular weight is 524 g/mol. The fourth-order valence-corrected chi connectivity index (χ4v) is 4.57. The molecule has 196 valence electrons. The van der Waals surface area contributed by atoms with Gasteiger partial charge >= 0.3 is 6.18 Å². The van der Waals surface area contributed by atoms with E-state index in [4.69, 9.17) is 4.74 Å². The Kier molecular flexibility index (Phi) is 6.75. The third-order valence-electron chi connectivity index (χ3n) is 6.61. The maximum Gasteiger partial charge on any atom is 0.433 e. The molecule has 5 rings (SSSR count). The molecule has 1 fully saturated rings. The van der Waals surface area contributed by atoms with Crippen LogP contribution in [0.1, 0.15) is 50.9 Å². The van der Waals surface area contributed by atoms with Gasteiger partial charge in [-0.05, 0) is 60.7 Å². The molecule has 0 atom stereocenters. The van der Waals surface area contributed by atoms with Crippen molar-refractivity contribution >= 4 is 28.5 Å². The summed E-state index contributed by atoms with van der Waals surface area (Å²) in [4.78, 5) is 37.9. The van der Waals surface area contributed by atoms with Gasteiger partial charge in [0.15, 0.2) is 0 Å². The number of piperidine rings is 1. The fourth-order valence-electron chi connectivity index (χ4n) is 4.57. The summed E-state index contributed by atoms with van der Waals surface area (Å²) in [6.45, 7) is 0.808. The minimum Gasteiger partial charge on any atom is -0.481 e. The van der Waals surface area contributed by atoms with Gasteiger partial charge in [0.2, 0.25) is 5.88 Å². The van der Waals surface area contributed by atoms with E-state index in [0.717, 1.165) is 17.1 Å². The van der Waals surface area contributed by atoms with Gasteiger partial charge in [0, 0.05) is 36.6 Å². The number of pyridine rings is 2. The monoisotopic (exact) mass is 523 g/mol. The van der Waals surface area contributed by atoms with Crippen LogP contribution in [0, 0.1) is 0 Å². The number of nitrogens with zero attached hydrogens (tertiary/aromatic N) is 3. The van der Waals surface area contributed by atoms with Gasteiger partial charge in [-0.25, -0.2) is 9.97 Å². The number of rotatable bonds is 5.